The Bertz CT molecular complexity index is 1050. The van der Waals surface area contributed by atoms with Crippen LogP contribution in [0.2, 0.25) is 10.0 Å². The van der Waals surface area contributed by atoms with Gasteiger partial charge in [-0.2, -0.15) is 0 Å². The fourth-order valence-corrected chi connectivity index (χ4v) is 2.64. The van der Waals surface area contributed by atoms with E-state index in [-0.39, 0.29) is 12.2 Å². The summed E-state index contributed by atoms with van der Waals surface area (Å²) in [5.74, 6) is -0.101. The molecule has 2 aromatic heterocycles. The first-order valence-corrected chi connectivity index (χ1v) is 8.80. The summed E-state index contributed by atoms with van der Waals surface area (Å²) in [5, 5.41) is 0.990. The van der Waals surface area contributed by atoms with Crippen LogP contribution in [0.3, 0.4) is 0 Å². The van der Waals surface area contributed by atoms with Crippen molar-refractivity contribution in [3.05, 3.63) is 74.8 Å². The van der Waals surface area contributed by atoms with E-state index in [9.17, 15) is 9.59 Å². The molecule has 0 spiro atoms. The summed E-state index contributed by atoms with van der Waals surface area (Å²) in [6.07, 6.45) is 1.48. The minimum absolute atomic E-state index is 0.152. The zero-order valence-electron chi connectivity index (χ0n) is 14.6. The van der Waals surface area contributed by atoms with Gasteiger partial charge in [-0.15, -0.1) is 0 Å². The predicted octanol–water partition coefficient (Wildman–Crippen LogP) is 3.90. The highest BCUT2D eigenvalue weighted by atomic mass is 35.5. The van der Waals surface area contributed by atoms with Gasteiger partial charge in [-0.05, 0) is 50.2 Å². The zero-order valence-corrected chi connectivity index (χ0v) is 16.1. The molecule has 0 aliphatic carbocycles. The Morgan fingerprint density at radius 1 is 1.11 bits per heavy atom. The number of carbonyl (C=O) groups is 1. The Hall–Kier alpha value is -2.57. The number of halogens is 2. The summed E-state index contributed by atoms with van der Waals surface area (Å²) in [5.41, 5.74) is -0.800. The molecule has 0 saturated heterocycles. The SMILES string of the molecule is CC(C)(Oc1ccc(Cl)cc1)C(=O)OCc1cc(=O)n2cc(Cl)ccc2n1. The number of hydrogen-bond acceptors (Lipinski definition) is 5. The molecule has 140 valence electrons. The van der Waals surface area contributed by atoms with E-state index in [2.05, 4.69) is 4.98 Å². The molecule has 0 saturated carbocycles. The highest BCUT2D eigenvalue weighted by molar-refractivity contribution is 6.30. The second-order valence-corrected chi connectivity index (χ2v) is 7.18. The minimum Gasteiger partial charge on any atom is -0.476 e. The number of fused-ring (bicyclic) bond motifs is 1. The molecule has 0 unspecified atom stereocenters. The molecule has 3 rings (SSSR count). The first-order chi connectivity index (χ1) is 12.7. The van der Waals surface area contributed by atoms with Gasteiger partial charge < -0.3 is 9.47 Å². The molecular formula is C19H16Cl2N2O4. The maximum atomic E-state index is 12.4. The smallest absolute Gasteiger partial charge is 0.350 e. The largest absolute Gasteiger partial charge is 0.476 e. The second kappa shape index (κ2) is 7.58. The van der Waals surface area contributed by atoms with Crippen molar-refractivity contribution < 1.29 is 14.3 Å². The number of benzene rings is 1. The number of pyridine rings is 1. The number of rotatable bonds is 5. The van der Waals surface area contributed by atoms with Gasteiger partial charge in [0, 0.05) is 17.3 Å². The van der Waals surface area contributed by atoms with Crippen molar-refractivity contribution in [3.8, 4) is 5.75 Å². The number of nitrogens with zero attached hydrogens (tertiary/aromatic N) is 2. The summed E-state index contributed by atoms with van der Waals surface area (Å²) in [4.78, 5) is 28.8. The summed E-state index contributed by atoms with van der Waals surface area (Å²) in [6.45, 7) is 3.03. The number of ether oxygens (including phenoxy) is 2. The van der Waals surface area contributed by atoms with Crippen LogP contribution in [-0.2, 0) is 16.1 Å². The topological polar surface area (TPSA) is 69.9 Å². The maximum absolute atomic E-state index is 12.4. The van der Waals surface area contributed by atoms with E-state index in [1.54, 1.807) is 50.2 Å². The molecular weight excluding hydrogens is 391 g/mol. The molecule has 2 heterocycles. The Labute approximate surface area is 165 Å². The van der Waals surface area contributed by atoms with Crippen LogP contribution in [0.4, 0.5) is 0 Å². The van der Waals surface area contributed by atoms with Gasteiger partial charge in [0.2, 0.25) is 0 Å². The minimum atomic E-state index is -1.23. The van der Waals surface area contributed by atoms with Crippen LogP contribution in [0, 0.1) is 0 Å². The van der Waals surface area contributed by atoms with Gasteiger partial charge in [0.25, 0.3) is 5.56 Å². The quantitative estimate of drug-likeness (QED) is 0.600. The molecule has 0 aliphatic heterocycles. The van der Waals surface area contributed by atoms with E-state index < -0.39 is 11.6 Å². The molecule has 0 N–H and O–H groups in total. The predicted molar refractivity (Wildman–Crippen MR) is 102 cm³/mol. The Morgan fingerprint density at radius 3 is 2.48 bits per heavy atom. The van der Waals surface area contributed by atoms with Gasteiger partial charge in [-0.25, -0.2) is 9.78 Å². The van der Waals surface area contributed by atoms with Crippen LogP contribution < -0.4 is 10.3 Å². The molecule has 8 heteroatoms. The number of carbonyl (C=O) groups excluding carboxylic acids is 1. The first-order valence-electron chi connectivity index (χ1n) is 8.04. The lowest BCUT2D eigenvalue weighted by Gasteiger charge is -2.24. The molecule has 1 aromatic carbocycles. The fourth-order valence-electron chi connectivity index (χ4n) is 2.35. The lowest BCUT2D eigenvalue weighted by molar-refractivity contribution is -0.160. The lowest BCUT2D eigenvalue weighted by atomic mass is 10.1. The number of aromatic nitrogens is 2. The molecule has 0 bridgehead atoms. The van der Waals surface area contributed by atoms with Crippen LogP contribution in [0.1, 0.15) is 19.5 Å². The van der Waals surface area contributed by atoms with Gasteiger partial charge >= 0.3 is 5.97 Å². The first kappa shape index (κ1) is 19.2. The normalized spacial score (nSPS) is 11.4. The van der Waals surface area contributed by atoms with Crippen molar-refractivity contribution in [1.82, 2.24) is 9.38 Å². The van der Waals surface area contributed by atoms with E-state index >= 15 is 0 Å². The monoisotopic (exact) mass is 406 g/mol. The summed E-state index contributed by atoms with van der Waals surface area (Å²) >= 11 is 11.7. The van der Waals surface area contributed by atoms with E-state index in [0.29, 0.717) is 27.1 Å². The van der Waals surface area contributed by atoms with Gasteiger partial charge in [0.15, 0.2) is 5.60 Å². The molecule has 0 radical (unpaired) electrons. The molecule has 0 amide bonds. The number of hydrogen-bond donors (Lipinski definition) is 0. The van der Waals surface area contributed by atoms with Crippen molar-refractivity contribution in [2.45, 2.75) is 26.1 Å². The lowest BCUT2D eigenvalue weighted by Crippen LogP contribution is -2.39. The average Bonchev–Trinajstić information content (AvgIpc) is 2.62. The van der Waals surface area contributed by atoms with Crippen molar-refractivity contribution in [1.29, 1.82) is 0 Å². The highest BCUT2D eigenvalue weighted by Crippen LogP contribution is 2.22. The van der Waals surface area contributed by atoms with Gasteiger partial charge in [-0.3, -0.25) is 9.20 Å². The van der Waals surface area contributed by atoms with Crippen molar-refractivity contribution in [2.24, 2.45) is 0 Å². The van der Waals surface area contributed by atoms with Crippen LogP contribution in [0.5, 0.6) is 5.75 Å². The summed E-state index contributed by atoms with van der Waals surface area (Å²) in [6, 6.07) is 11.2. The Morgan fingerprint density at radius 2 is 1.78 bits per heavy atom. The summed E-state index contributed by atoms with van der Waals surface area (Å²) in [7, 11) is 0. The van der Waals surface area contributed by atoms with E-state index in [0.717, 1.165) is 0 Å². The van der Waals surface area contributed by atoms with E-state index in [4.69, 9.17) is 32.7 Å². The van der Waals surface area contributed by atoms with Crippen LogP contribution in [0.15, 0.2) is 53.5 Å². The molecule has 3 aromatic rings. The highest BCUT2D eigenvalue weighted by Gasteiger charge is 2.32. The van der Waals surface area contributed by atoms with Gasteiger partial charge in [0.1, 0.15) is 18.0 Å². The summed E-state index contributed by atoms with van der Waals surface area (Å²) < 4.78 is 12.3. The molecule has 27 heavy (non-hydrogen) atoms. The van der Waals surface area contributed by atoms with Gasteiger partial charge in [0.05, 0.1) is 10.7 Å². The van der Waals surface area contributed by atoms with E-state index in [1.807, 2.05) is 0 Å². The third kappa shape index (κ3) is 4.59. The maximum Gasteiger partial charge on any atom is 0.350 e. The Kier molecular flexibility index (Phi) is 5.39. The Balaban J connectivity index is 1.71. The third-order valence-electron chi connectivity index (χ3n) is 3.71. The van der Waals surface area contributed by atoms with Crippen LogP contribution in [0.25, 0.3) is 5.65 Å². The third-order valence-corrected chi connectivity index (χ3v) is 4.18. The van der Waals surface area contributed by atoms with Crippen LogP contribution in [-0.4, -0.2) is 21.0 Å². The molecule has 6 nitrogen and oxygen atoms in total. The number of esters is 1. The standard InChI is InChI=1S/C19H16Cl2N2O4/c1-19(2,27-15-6-3-12(20)4-7-15)18(25)26-11-14-9-17(24)23-10-13(21)5-8-16(23)22-14/h3-10H,11H2,1-2H3. The molecule has 0 atom stereocenters. The van der Waals surface area contributed by atoms with Crippen molar-refractivity contribution in [2.75, 3.05) is 0 Å². The fraction of sp³-hybridized carbons (Fsp3) is 0.211. The van der Waals surface area contributed by atoms with Gasteiger partial charge in [-0.1, -0.05) is 23.2 Å². The van der Waals surface area contributed by atoms with Crippen molar-refractivity contribution >= 4 is 34.8 Å². The van der Waals surface area contributed by atoms with Crippen molar-refractivity contribution in [3.63, 3.8) is 0 Å². The van der Waals surface area contributed by atoms with Crippen LogP contribution >= 0.6 is 23.2 Å². The van der Waals surface area contributed by atoms with E-state index in [1.165, 1.54) is 16.7 Å². The molecule has 0 aliphatic rings. The zero-order chi connectivity index (χ0) is 19.6. The second-order valence-electron chi connectivity index (χ2n) is 6.30. The average molecular weight is 407 g/mol. The molecule has 0 fully saturated rings.